The number of rotatable bonds is 8. The predicted octanol–water partition coefficient (Wildman–Crippen LogP) is 4.79. The maximum absolute atomic E-state index is 13.3. The molecule has 0 atom stereocenters. The maximum Gasteiger partial charge on any atom is 0.164 e. The first-order valence-corrected chi connectivity index (χ1v) is 10.2. The molecule has 0 spiro atoms. The molecule has 29 heavy (non-hydrogen) atoms. The second-order valence-corrected chi connectivity index (χ2v) is 8.41. The lowest BCUT2D eigenvalue weighted by Crippen LogP contribution is -2.19. The van der Waals surface area contributed by atoms with E-state index >= 15 is 0 Å². The van der Waals surface area contributed by atoms with Gasteiger partial charge in [-0.2, -0.15) is 0 Å². The Labute approximate surface area is 172 Å². The van der Waals surface area contributed by atoms with Gasteiger partial charge in [-0.25, -0.2) is 0 Å². The lowest BCUT2D eigenvalue weighted by molar-refractivity contribution is 0.0969. The number of likely N-dealkylation sites (N-methyl/N-ethyl adjacent to an activating group) is 1. The molecule has 3 aromatic rings. The first-order chi connectivity index (χ1) is 14.0. The van der Waals surface area contributed by atoms with Crippen LogP contribution in [0.15, 0.2) is 54.9 Å². The quantitative estimate of drug-likeness (QED) is 0.521. The van der Waals surface area contributed by atoms with E-state index in [0.29, 0.717) is 13.0 Å². The number of carbonyl (C=O) groups is 1. The summed E-state index contributed by atoms with van der Waals surface area (Å²) in [6, 6.07) is 14.2. The van der Waals surface area contributed by atoms with Crippen LogP contribution in [0.1, 0.15) is 40.7 Å². The largest absolute Gasteiger partial charge is 0.492 e. The van der Waals surface area contributed by atoms with Gasteiger partial charge in [0.15, 0.2) is 5.78 Å². The minimum atomic E-state index is -0.0617. The van der Waals surface area contributed by atoms with Gasteiger partial charge in [0.05, 0.1) is 0 Å². The molecule has 0 unspecified atom stereocenters. The normalized spacial score (nSPS) is 14.9. The average Bonchev–Trinajstić information content (AvgIpc) is 3.49. The number of ether oxygens (including phenoxy) is 1. The fraction of sp³-hybridized carbons (Fsp3) is 0.360. The molecule has 4 nitrogen and oxygen atoms in total. The van der Waals surface area contributed by atoms with E-state index in [4.69, 9.17) is 4.74 Å². The van der Waals surface area contributed by atoms with E-state index in [1.54, 1.807) is 0 Å². The van der Waals surface area contributed by atoms with Crippen molar-refractivity contribution in [1.29, 1.82) is 0 Å². The molecule has 1 aliphatic carbocycles. The molecular formula is C25H28N2O2. The smallest absolute Gasteiger partial charge is 0.164 e. The number of aromatic nitrogens is 1. The van der Waals surface area contributed by atoms with Crippen LogP contribution in [-0.4, -0.2) is 42.9 Å². The lowest BCUT2D eigenvalue weighted by Gasteiger charge is -2.18. The summed E-state index contributed by atoms with van der Waals surface area (Å²) in [5, 5.41) is 2.35. The number of benzene rings is 2. The summed E-state index contributed by atoms with van der Waals surface area (Å²) in [4.78, 5) is 19.7. The van der Waals surface area contributed by atoms with Crippen LogP contribution in [0.5, 0.6) is 5.75 Å². The molecule has 1 saturated carbocycles. The topological polar surface area (TPSA) is 42.4 Å². The molecule has 1 fully saturated rings. The number of pyridine rings is 1. The van der Waals surface area contributed by atoms with Crippen molar-refractivity contribution >= 4 is 16.6 Å². The van der Waals surface area contributed by atoms with E-state index in [-0.39, 0.29) is 11.2 Å². The fourth-order valence-corrected chi connectivity index (χ4v) is 4.01. The first kappa shape index (κ1) is 19.6. The Balaban J connectivity index is 1.56. The van der Waals surface area contributed by atoms with Gasteiger partial charge in [-0.1, -0.05) is 24.3 Å². The van der Waals surface area contributed by atoms with Gasteiger partial charge < -0.3 is 9.64 Å². The molecule has 0 aliphatic heterocycles. The van der Waals surface area contributed by atoms with Crippen LogP contribution >= 0.6 is 0 Å². The number of ketones is 1. The van der Waals surface area contributed by atoms with Gasteiger partial charge >= 0.3 is 0 Å². The van der Waals surface area contributed by atoms with Crippen LogP contribution in [0.25, 0.3) is 10.8 Å². The summed E-state index contributed by atoms with van der Waals surface area (Å²) in [7, 11) is 4.04. The Kier molecular flexibility index (Phi) is 5.37. The molecule has 1 aromatic heterocycles. The minimum Gasteiger partial charge on any atom is -0.492 e. The number of hydrogen-bond donors (Lipinski definition) is 0. The Bertz CT molecular complexity index is 1030. The summed E-state index contributed by atoms with van der Waals surface area (Å²) in [6.07, 6.45) is 6.38. The van der Waals surface area contributed by atoms with Crippen LogP contribution in [-0.2, 0) is 5.41 Å². The van der Waals surface area contributed by atoms with Crippen LogP contribution in [0, 0.1) is 6.92 Å². The Morgan fingerprint density at radius 2 is 2.00 bits per heavy atom. The van der Waals surface area contributed by atoms with Gasteiger partial charge in [0.1, 0.15) is 12.4 Å². The van der Waals surface area contributed by atoms with E-state index < -0.39 is 0 Å². The number of Topliss-reactive ketones (excluding diaryl/α,β-unsaturated/α-hetero) is 1. The second kappa shape index (κ2) is 7.96. The summed E-state index contributed by atoms with van der Waals surface area (Å²) in [6.45, 7) is 3.45. The van der Waals surface area contributed by atoms with Crippen molar-refractivity contribution < 1.29 is 9.53 Å². The molecule has 1 aliphatic rings. The van der Waals surface area contributed by atoms with Crippen LogP contribution in [0.3, 0.4) is 0 Å². The highest BCUT2D eigenvalue weighted by atomic mass is 16.5. The third-order valence-electron chi connectivity index (χ3n) is 5.92. The first-order valence-electron chi connectivity index (χ1n) is 10.2. The van der Waals surface area contributed by atoms with Gasteiger partial charge in [-0.15, -0.1) is 0 Å². The van der Waals surface area contributed by atoms with Crippen molar-refractivity contribution in [2.75, 3.05) is 27.2 Å². The molecule has 150 valence electrons. The maximum atomic E-state index is 13.3. The van der Waals surface area contributed by atoms with Crippen molar-refractivity contribution in [3.63, 3.8) is 0 Å². The standard InChI is InChI=1S/C25H28N2O2/c1-18-7-8-20(29-14-13-27(2)3)15-21(18)24(28)16-25(10-11-25)23-6-4-5-19-9-12-26-17-22(19)23/h4-9,12,15,17H,10-11,13-14,16H2,1-3H3. The van der Waals surface area contributed by atoms with E-state index in [1.165, 1.54) is 10.9 Å². The third kappa shape index (κ3) is 4.18. The Hall–Kier alpha value is -2.72. The second-order valence-electron chi connectivity index (χ2n) is 8.41. The average molecular weight is 389 g/mol. The van der Waals surface area contributed by atoms with Gasteiger partial charge in [0, 0.05) is 41.7 Å². The monoisotopic (exact) mass is 388 g/mol. The molecular weight excluding hydrogens is 360 g/mol. The van der Waals surface area contributed by atoms with Gasteiger partial charge in [0.25, 0.3) is 0 Å². The highest BCUT2D eigenvalue weighted by Crippen LogP contribution is 2.53. The fourth-order valence-electron chi connectivity index (χ4n) is 4.01. The van der Waals surface area contributed by atoms with E-state index in [2.05, 4.69) is 28.1 Å². The number of carbonyl (C=O) groups excluding carboxylic acids is 1. The van der Waals surface area contributed by atoms with E-state index in [9.17, 15) is 4.79 Å². The lowest BCUT2D eigenvalue weighted by atomic mass is 9.85. The van der Waals surface area contributed by atoms with Crippen molar-refractivity contribution in [2.24, 2.45) is 0 Å². The number of nitrogens with zero attached hydrogens (tertiary/aromatic N) is 2. The molecule has 1 heterocycles. The molecule has 4 heteroatoms. The van der Waals surface area contributed by atoms with E-state index in [0.717, 1.165) is 41.6 Å². The van der Waals surface area contributed by atoms with Gasteiger partial charge in [-0.3, -0.25) is 9.78 Å². The summed E-state index contributed by atoms with van der Waals surface area (Å²) >= 11 is 0. The molecule has 0 saturated heterocycles. The highest BCUT2D eigenvalue weighted by molar-refractivity contribution is 5.99. The zero-order chi connectivity index (χ0) is 20.4. The zero-order valence-electron chi connectivity index (χ0n) is 17.4. The Morgan fingerprint density at radius 3 is 2.76 bits per heavy atom. The molecule has 0 bridgehead atoms. The third-order valence-corrected chi connectivity index (χ3v) is 5.92. The zero-order valence-corrected chi connectivity index (χ0v) is 17.4. The van der Waals surface area contributed by atoms with Gasteiger partial charge in [0.2, 0.25) is 0 Å². The van der Waals surface area contributed by atoms with Crippen LogP contribution < -0.4 is 4.74 Å². The number of hydrogen-bond acceptors (Lipinski definition) is 4. The van der Waals surface area contributed by atoms with Gasteiger partial charge in [-0.05, 0) is 68.6 Å². The molecule has 0 amide bonds. The SMILES string of the molecule is Cc1ccc(OCCN(C)C)cc1C(=O)CC1(c2cccc3ccncc23)CC1. The summed E-state index contributed by atoms with van der Waals surface area (Å²) in [5.74, 6) is 0.957. The minimum absolute atomic E-state index is 0.0617. The predicted molar refractivity (Wildman–Crippen MR) is 117 cm³/mol. The number of aryl methyl sites for hydroxylation is 1. The van der Waals surface area contributed by atoms with Crippen molar-refractivity contribution in [2.45, 2.75) is 31.6 Å². The highest BCUT2D eigenvalue weighted by Gasteiger charge is 2.46. The van der Waals surface area contributed by atoms with Crippen LogP contribution in [0.2, 0.25) is 0 Å². The van der Waals surface area contributed by atoms with Crippen molar-refractivity contribution in [1.82, 2.24) is 9.88 Å². The Morgan fingerprint density at radius 1 is 1.17 bits per heavy atom. The summed E-state index contributed by atoms with van der Waals surface area (Å²) in [5.41, 5.74) is 2.98. The van der Waals surface area contributed by atoms with Crippen molar-refractivity contribution in [3.8, 4) is 5.75 Å². The van der Waals surface area contributed by atoms with Crippen LogP contribution in [0.4, 0.5) is 0 Å². The molecule has 0 N–H and O–H groups in total. The number of fused-ring (bicyclic) bond motifs is 1. The summed E-state index contributed by atoms with van der Waals surface area (Å²) < 4.78 is 5.85. The van der Waals surface area contributed by atoms with E-state index in [1.807, 2.05) is 57.7 Å². The molecule has 4 rings (SSSR count). The molecule has 0 radical (unpaired) electrons. The van der Waals surface area contributed by atoms with Crippen molar-refractivity contribution in [3.05, 3.63) is 71.5 Å². The molecule has 2 aromatic carbocycles.